The minimum atomic E-state index is -3.22. The highest BCUT2D eigenvalue weighted by Crippen LogP contribution is 2.20. The van der Waals surface area contributed by atoms with Gasteiger partial charge in [-0.2, -0.15) is 0 Å². The summed E-state index contributed by atoms with van der Waals surface area (Å²) in [6, 6.07) is 3.57. The molecule has 19 heavy (non-hydrogen) atoms. The van der Waals surface area contributed by atoms with Gasteiger partial charge in [0, 0.05) is 24.7 Å². The number of phenols is 2. The summed E-state index contributed by atoms with van der Waals surface area (Å²) in [6.45, 7) is 0.502. The molecule has 0 saturated carbocycles. The third kappa shape index (κ3) is 6.07. The van der Waals surface area contributed by atoms with Crippen LogP contribution in [-0.2, 0) is 10.0 Å². The van der Waals surface area contributed by atoms with Crippen LogP contribution in [0.1, 0.15) is 16.8 Å². The standard InChI is InChI=1S/C11H16N2O5S/c1-19(17,18)13-4-2-3-12-11(16)8-5-9(14)7-10(15)6-8/h5-7,13-15H,2-4H2,1H3,(H,12,16). The van der Waals surface area contributed by atoms with Gasteiger partial charge in [0.15, 0.2) is 0 Å². The molecule has 8 heteroatoms. The average molecular weight is 288 g/mol. The van der Waals surface area contributed by atoms with Gasteiger partial charge in [0.2, 0.25) is 10.0 Å². The van der Waals surface area contributed by atoms with E-state index in [1.165, 1.54) is 12.1 Å². The number of phenolic OH excluding ortho intramolecular Hbond substituents is 2. The second-order valence-electron chi connectivity index (χ2n) is 4.01. The number of benzene rings is 1. The average Bonchev–Trinajstić information content (AvgIpc) is 2.25. The van der Waals surface area contributed by atoms with Crippen LogP contribution in [0.15, 0.2) is 18.2 Å². The van der Waals surface area contributed by atoms with Gasteiger partial charge in [0.25, 0.3) is 5.91 Å². The smallest absolute Gasteiger partial charge is 0.251 e. The van der Waals surface area contributed by atoms with Crippen molar-refractivity contribution in [3.63, 3.8) is 0 Å². The number of carbonyl (C=O) groups is 1. The molecule has 0 heterocycles. The first-order valence-electron chi connectivity index (χ1n) is 5.54. The lowest BCUT2D eigenvalue weighted by Crippen LogP contribution is -2.29. The van der Waals surface area contributed by atoms with Crippen molar-refractivity contribution in [2.75, 3.05) is 19.3 Å². The van der Waals surface area contributed by atoms with Crippen LogP contribution in [0.5, 0.6) is 11.5 Å². The Labute approximate surface area is 111 Å². The van der Waals surface area contributed by atoms with E-state index >= 15 is 0 Å². The number of sulfonamides is 1. The van der Waals surface area contributed by atoms with Crippen molar-refractivity contribution >= 4 is 15.9 Å². The maximum absolute atomic E-state index is 11.6. The van der Waals surface area contributed by atoms with Gasteiger partial charge in [0.05, 0.1) is 6.26 Å². The zero-order valence-corrected chi connectivity index (χ0v) is 11.2. The van der Waals surface area contributed by atoms with Crippen LogP contribution in [0.3, 0.4) is 0 Å². The number of nitrogens with one attached hydrogen (secondary N) is 2. The van der Waals surface area contributed by atoms with Gasteiger partial charge < -0.3 is 15.5 Å². The highest BCUT2D eigenvalue weighted by Gasteiger charge is 2.08. The number of rotatable bonds is 6. The predicted molar refractivity (Wildman–Crippen MR) is 69.6 cm³/mol. The monoisotopic (exact) mass is 288 g/mol. The number of carbonyl (C=O) groups excluding carboxylic acids is 1. The minimum absolute atomic E-state index is 0.133. The lowest BCUT2D eigenvalue weighted by Gasteiger charge is -2.06. The van der Waals surface area contributed by atoms with Gasteiger partial charge in [-0.25, -0.2) is 13.1 Å². The second-order valence-corrected chi connectivity index (χ2v) is 5.85. The Bertz CT molecular complexity index is 536. The summed E-state index contributed by atoms with van der Waals surface area (Å²) in [5, 5.41) is 21.0. The minimum Gasteiger partial charge on any atom is -0.508 e. The maximum Gasteiger partial charge on any atom is 0.251 e. The molecule has 0 aliphatic rings. The second kappa shape index (κ2) is 6.39. The molecule has 1 amide bonds. The third-order valence-corrected chi connectivity index (χ3v) is 2.90. The van der Waals surface area contributed by atoms with Crippen LogP contribution in [0.25, 0.3) is 0 Å². The zero-order chi connectivity index (χ0) is 14.5. The molecule has 1 aromatic carbocycles. The molecule has 4 N–H and O–H groups in total. The van der Waals surface area contributed by atoms with Crippen molar-refractivity contribution in [1.29, 1.82) is 0 Å². The molecule has 0 spiro atoms. The van der Waals surface area contributed by atoms with Crippen molar-refractivity contribution in [2.45, 2.75) is 6.42 Å². The van der Waals surface area contributed by atoms with Crippen molar-refractivity contribution < 1.29 is 23.4 Å². The van der Waals surface area contributed by atoms with E-state index in [2.05, 4.69) is 10.0 Å². The van der Waals surface area contributed by atoms with Crippen molar-refractivity contribution in [3.8, 4) is 11.5 Å². The number of aromatic hydroxyl groups is 2. The fourth-order valence-corrected chi connectivity index (χ4v) is 1.89. The van der Waals surface area contributed by atoms with Gasteiger partial charge in [0.1, 0.15) is 11.5 Å². The maximum atomic E-state index is 11.6. The van der Waals surface area contributed by atoms with Crippen LogP contribution in [0, 0.1) is 0 Å². The molecule has 1 rings (SSSR count). The van der Waals surface area contributed by atoms with Crippen LogP contribution in [0.2, 0.25) is 0 Å². The molecular weight excluding hydrogens is 272 g/mol. The van der Waals surface area contributed by atoms with Gasteiger partial charge in [-0.3, -0.25) is 4.79 Å². The quantitative estimate of drug-likeness (QED) is 0.539. The molecule has 106 valence electrons. The molecule has 0 aliphatic carbocycles. The molecule has 0 bridgehead atoms. The first-order valence-corrected chi connectivity index (χ1v) is 7.43. The van der Waals surface area contributed by atoms with E-state index in [-0.39, 0.29) is 30.2 Å². The highest BCUT2D eigenvalue weighted by atomic mass is 32.2. The van der Waals surface area contributed by atoms with E-state index in [4.69, 9.17) is 0 Å². The fraction of sp³-hybridized carbons (Fsp3) is 0.364. The van der Waals surface area contributed by atoms with Gasteiger partial charge in [-0.05, 0) is 18.6 Å². The Kier molecular flexibility index (Phi) is 5.13. The molecule has 0 atom stereocenters. The van der Waals surface area contributed by atoms with Gasteiger partial charge in [-0.15, -0.1) is 0 Å². The predicted octanol–water partition coefficient (Wildman–Crippen LogP) is -0.233. The zero-order valence-electron chi connectivity index (χ0n) is 10.4. The Morgan fingerprint density at radius 3 is 2.26 bits per heavy atom. The summed E-state index contributed by atoms with van der Waals surface area (Å²) < 4.78 is 23.8. The molecular formula is C11H16N2O5S. The Balaban J connectivity index is 2.39. The van der Waals surface area contributed by atoms with Gasteiger partial charge in [-0.1, -0.05) is 0 Å². The highest BCUT2D eigenvalue weighted by molar-refractivity contribution is 7.88. The number of amides is 1. The summed E-state index contributed by atoms with van der Waals surface area (Å²) in [4.78, 5) is 11.6. The molecule has 0 unspecified atom stereocenters. The van der Waals surface area contributed by atoms with Crippen molar-refractivity contribution in [3.05, 3.63) is 23.8 Å². The van der Waals surface area contributed by atoms with E-state index in [0.717, 1.165) is 12.3 Å². The van der Waals surface area contributed by atoms with E-state index in [1.807, 2.05) is 0 Å². The SMILES string of the molecule is CS(=O)(=O)NCCCNC(=O)c1cc(O)cc(O)c1. The summed E-state index contributed by atoms with van der Waals surface area (Å²) in [5.74, 6) is -0.863. The molecule has 0 aromatic heterocycles. The largest absolute Gasteiger partial charge is 0.508 e. The Morgan fingerprint density at radius 2 is 1.74 bits per heavy atom. The van der Waals surface area contributed by atoms with Crippen molar-refractivity contribution in [2.24, 2.45) is 0 Å². The first-order chi connectivity index (χ1) is 8.78. The van der Waals surface area contributed by atoms with Crippen molar-refractivity contribution in [1.82, 2.24) is 10.0 Å². The molecule has 1 aromatic rings. The van der Waals surface area contributed by atoms with Crippen LogP contribution in [0.4, 0.5) is 0 Å². The van der Waals surface area contributed by atoms with E-state index in [0.29, 0.717) is 6.42 Å². The molecule has 0 saturated heterocycles. The normalized spacial score (nSPS) is 11.2. The lowest BCUT2D eigenvalue weighted by molar-refractivity contribution is 0.0952. The van der Waals surface area contributed by atoms with E-state index in [1.54, 1.807) is 0 Å². The summed E-state index contributed by atoms with van der Waals surface area (Å²) >= 11 is 0. The lowest BCUT2D eigenvalue weighted by atomic mass is 10.2. The fourth-order valence-electron chi connectivity index (χ4n) is 1.38. The van der Waals surface area contributed by atoms with E-state index in [9.17, 15) is 23.4 Å². The first kappa shape index (κ1) is 15.3. The number of hydrogen-bond donors (Lipinski definition) is 4. The number of hydrogen-bond acceptors (Lipinski definition) is 5. The topological polar surface area (TPSA) is 116 Å². The van der Waals surface area contributed by atoms with Gasteiger partial charge >= 0.3 is 0 Å². The molecule has 0 radical (unpaired) electrons. The summed E-state index contributed by atoms with van der Waals surface area (Å²) in [5.41, 5.74) is 0.133. The van der Waals surface area contributed by atoms with E-state index < -0.39 is 15.9 Å². The Morgan fingerprint density at radius 1 is 1.16 bits per heavy atom. The van der Waals surface area contributed by atoms with Crippen LogP contribution >= 0.6 is 0 Å². The third-order valence-electron chi connectivity index (χ3n) is 2.17. The molecule has 0 aliphatic heterocycles. The molecule has 0 fully saturated rings. The summed E-state index contributed by atoms with van der Waals surface area (Å²) in [7, 11) is -3.22. The Hall–Kier alpha value is -1.80. The van der Waals surface area contributed by atoms with Crippen LogP contribution < -0.4 is 10.0 Å². The molecule has 7 nitrogen and oxygen atoms in total. The van der Waals surface area contributed by atoms with Crippen LogP contribution in [-0.4, -0.2) is 43.9 Å². The summed E-state index contributed by atoms with van der Waals surface area (Å²) in [6.07, 6.45) is 1.49.